The highest BCUT2D eigenvalue weighted by Crippen LogP contribution is 2.31. The molecule has 0 unspecified atom stereocenters. The molecule has 0 aromatic carbocycles. The van der Waals surface area contributed by atoms with Gasteiger partial charge in [-0.05, 0) is 0 Å². The van der Waals surface area contributed by atoms with E-state index in [2.05, 4.69) is 21.8 Å². The monoisotopic (exact) mass is 646 g/mol. The minimum Gasteiger partial charge on any atom is -0.463 e. The van der Waals surface area contributed by atoms with Crippen molar-refractivity contribution >= 4 is 23.9 Å². The number of esters is 4. The van der Waals surface area contributed by atoms with Crippen molar-refractivity contribution < 1.29 is 47.6 Å². The van der Waals surface area contributed by atoms with Crippen LogP contribution in [0.4, 0.5) is 0 Å². The van der Waals surface area contributed by atoms with E-state index < -0.39 is 83.2 Å². The molecule has 18 nitrogen and oxygen atoms in total. The van der Waals surface area contributed by atoms with Gasteiger partial charge < -0.3 is 28.4 Å². The first-order valence-corrected chi connectivity index (χ1v) is 13.9. The van der Waals surface area contributed by atoms with Gasteiger partial charge in [0.05, 0.1) is 0 Å². The van der Waals surface area contributed by atoms with Gasteiger partial charge in [0.25, 0.3) is 11.1 Å². The molecule has 46 heavy (non-hydrogen) atoms. The number of ether oxygens (including phenoxy) is 6. The van der Waals surface area contributed by atoms with Gasteiger partial charge in [0, 0.05) is 52.9 Å². The smallest absolute Gasteiger partial charge is 0.330 e. The number of nitrogens with zero attached hydrogens (tertiary/aromatic N) is 2. The van der Waals surface area contributed by atoms with E-state index in [1.807, 2.05) is 0 Å². The van der Waals surface area contributed by atoms with E-state index in [0.717, 1.165) is 21.5 Å². The topological polar surface area (TPSA) is 233 Å². The van der Waals surface area contributed by atoms with E-state index in [0.29, 0.717) is 0 Å². The number of carbonyl (C=O) groups excluding carboxylic acids is 4. The van der Waals surface area contributed by atoms with E-state index in [1.165, 1.54) is 27.7 Å². The van der Waals surface area contributed by atoms with Gasteiger partial charge in [-0.2, -0.15) is 0 Å². The molecule has 2 aliphatic rings. The normalized spacial score (nSPS) is 23.6. The first-order chi connectivity index (χ1) is 21.7. The molecule has 0 aliphatic carbocycles. The molecular weight excluding hydrogens is 616 g/mol. The lowest BCUT2D eigenvalue weighted by molar-refractivity contribution is -0.157. The number of carbonyl (C=O) groups is 4. The second-order valence-electron chi connectivity index (χ2n) is 10.3. The number of hydrogen-bond donors (Lipinski definition) is 2. The third kappa shape index (κ3) is 8.25. The minimum absolute atomic E-state index is 0.0247. The summed E-state index contributed by atoms with van der Waals surface area (Å²) < 4.78 is 34.0. The summed E-state index contributed by atoms with van der Waals surface area (Å²) in [7, 11) is 0. The summed E-state index contributed by atoms with van der Waals surface area (Å²) in [6.07, 6.45) is -3.53. The van der Waals surface area contributed by atoms with Crippen molar-refractivity contribution in [1.29, 1.82) is 0 Å². The molecule has 0 saturated carbocycles. The van der Waals surface area contributed by atoms with Crippen LogP contribution in [0.2, 0.25) is 0 Å². The van der Waals surface area contributed by atoms with Gasteiger partial charge in [0.15, 0.2) is 0 Å². The Hall–Kier alpha value is -5.28. The van der Waals surface area contributed by atoms with Crippen LogP contribution >= 0.6 is 0 Å². The summed E-state index contributed by atoms with van der Waals surface area (Å²) in [5.41, 5.74) is -4.04. The summed E-state index contributed by atoms with van der Waals surface area (Å²) in [5, 5.41) is 0. The van der Waals surface area contributed by atoms with E-state index in [4.69, 9.17) is 28.4 Å². The van der Waals surface area contributed by atoms with Crippen LogP contribution in [0.3, 0.4) is 0 Å². The van der Waals surface area contributed by atoms with Gasteiger partial charge in [-0.1, -0.05) is 11.8 Å². The molecule has 2 fully saturated rings. The van der Waals surface area contributed by atoms with Gasteiger partial charge in [-0.15, -0.1) is 0 Å². The summed E-state index contributed by atoms with van der Waals surface area (Å²) >= 11 is 0. The average Bonchev–Trinajstić information content (AvgIpc) is 3.53. The Morgan fingerprint density at radius 3 is 1.39 bits per heavy atom. The number of H-pyrrole nitrogens is 2. The van der Waals surface area contributed by atoms with Crippen molar-refractivity contribution in [1.82, 2.24) is 19.1 Å². The molecule has 4 rings (SSSR count). The molecule has 0 amide bonds. The van der Waals surface area contributed by atoms with Gasteiger partial charge in [0.2, 0.25) is 0 Å². The van der Waals surface area contributed by atoms with Crippen molar-refractivity contribution in [3.8, 4) is 11.8 Å². The van der Waals surface area contributed by atoms with Crippen LogP contribution in [-0.2, 0) is 47.6 Å². The first kappa shape index (κ1) is 33.6. The van der Waals surface area contributed by atoms with Gasteiger partial charge in [0.1, 0.15) is 61.2 Å². The Labute approximate surface area is 258 Å². The molecule has 2 saturated heterocycles. The maximum atomic E-state index is 12.7. The molecule has 2 N–H and O–H groups in total. The highest BCUT2D eigenvalue weighted by Gasteiger charge is 2.41. The second-order valence-corrected chi connectivity index (χ2v) is 10.3. The molecule has 2 aromatic heterocycles. The van der Waals surface area contributed by atoms with Crippen LogP contribution in [0.25, 0.3) is 0 Å². The van der Waals surface area contributed by atoms with E-state index in [-0.39, 0.29) is 37.2 Å². The molecule has 4 heterocycles. The SMILES string of the molecule is CC(=O)OC[C@H]1O[C@@H](n2cc(C#Cc3cn([C@H]4C[C@H](OC(C)=O)[C@@H](COC(C)=O)O4)c(=O)[nH]c3=O)c(=O)[nH]c2=O)C[C@@H]1OC(C)=O. The fourth-order valence-corrected chi connectivity index (χ4v) is 4.83. The largest absolute Gasteiger partial charge is 0.463 e. The van der Waals surface area contributed by atoms with E-state index >= 15 is 0 Å². The molecule has 0 radical (unpaired) electrons. The minimum atomic E-state index is -1.05. The molecule has 246 valence electrons. The Morgan fingerprint density at radius 1 is 0.696 bits per heavy atom. The number of nitrogens with one attached hydrogen (secondary N) is 2. The third-order valence-electron chi connectivity index (χ3n) is 6.79. The zero-order chi connectivity index (χ0) is 33.7. The fraction of sp³-hybridized carbons (Fsp3) is 0.500. The van der Waals surface area contributed by atoms with Crippen LogP contribution < -0.4 is 22.5 Å². The Bertz CT molecular complexity index is 1700. The second kappa shape index (κ2) is 14.2. The molecule has 18 heteroatoms. The van der Waals surface area contributed by atoms with E-state index in [1.54, 1.807) is 0 Å². The van der Waals surface area contributed by atoms with Gasteiger partial charge in [-0.25, -0.2) is 9.59 Å². The van der Waals surface area contributed by atoms with Gasteiger partial charge in [-0.3, -0.25) is 47.9 Å². The van der Waals surface area contributed by atoms with Crippen LogP contribution in [0.15, 0.2) is 31.6 Å². The quantitative estimate of drug-likeness (QED) is 0.186. The number of rotatable bonds is 8. The summed E-state index contributed by atoms with van der Waals surface area (Å²) in [6, 6.07) is 0. The van der Waals surface area contributed by atoms with E-state index in [9.17, 15) is 38.4 Å². The van der Waals surface area contributed by atoms with Crippen molar-refractivity contribution in [2.24, 2.45) is 0 Å². The molecule has 2 aliphatic heterocycles. The van der Waals surface area contributed by atoms with Crippen molar-refractivity contribution in [2.75, 3.05) is 13.2 Å². The molecule has 0 spiro atoms. The summed E-state index contributed by atoms with van der Waals surface area (Å²) in [4.78, 5) is 100. The highest BCUT2D eigenvalue weighted by atomic mass is 16.6. The third-order valence-corrected chi connectivity index (χ3v) is 6.79. The lowest BCUT2D eigenvalue weighted by Gasteiger charge is -2.17. The molecular formula is C28H30N4O14. The lowest BCUT2D eigenvalue weighted by atomic mass is 10.2. The number of hydrogen-bond acceptors (Lipinski definition) is 14. The summed E-state index contributed by atoms with van der Waals surface area (Å²) in [5.74, 6) is 2.56. The lowest BCUT2D eigenvalue weighted by Crippen LogP contribution is -2.34. The predicted molar refractivity (Wildman–Crippen MR) is 150 cm³/mol. The zero-order valence-corrected chi connectivity index (χ0v) is 25.1. The predicted octanol–water partition coefficient (Wildman–Crippen LogP) is -1.65. The van der Waals surface area contributed by atoms with Crippen LogP contribution in [0.5, 0.6) is 0 Å². The standard InChI is InChI=1S/C28H30N4O14/c1-13(33)41-11-21-19(43-15(3)35)7-23(45-21)31-9-17(25(37)29-27(31)39)5-6-18-10-32(28(40)30-26(18)38)24-8-20(44-16(4)36)22(46-24)12-42-14(2)34/h9-10,19-24H,7-8,11-12H2,1-4H3,(H,29,37,39)(H,30,38,40)/t19-,20-,21+,22+,23+,24+/m0/s1. The Kier molecular flexibility index (Phi) is 10.4. The van der Waals surface area contributed by atoms with Gasteiger partial charge >= 0.3 is 35.3 Å². The highest BCUT2D eigenvalue weighted by molar-refractivity contribution is 5.67. The maximum Gasteiger partial charge on any atom is 0.330 e. The van der Waals surface area contributed by atoms with Crippen molar-refractivity contribution in [3.63, 3.8) is 0 Å². The fourth-order valence-electron chi connectivity index (χ4n) is 4.83. The van der Waals surface area contributed by atoms with Crippen molar-refractivity contribution in [3.05, 3.63) is 65.2 Å². The number of aromatic nitrogens is 4. The summed E-state index contributed by atoms with van der Waals surface area (Å²) in [6.45, 7) is 4.21. The average molecular weight is 647 g/mol. The van der Waals surface area contributed by atoms with Crippen LogP contribution in [0, 0.1) is 11.8 Å². The first-order valence-electron chi connectivity index (χ1n) is 13.9. The number of aromatic amines is 2. The Morgan fingerprint density at radius 2 is 1.07 bits per heavy atom. The van der Waals surface area contributed by atoms with Crippen LogP contribution in [-0.4, -0.2) is 80.6 Å². The van der Waals surface area contributed by atoms with Crippen LogP contribution in [0.1, 0.15) is 64.1 Å². The molecule has 2 aromatic rings. The zero-order valence-electron chi connectivity index (χ0n) is 25.1. The molecule has 0 bridgehead atoms. The van der Waals surface area contributed by atoms with Crippen molar-refractivity contribution in [2.45, 2.75) is 77.4 Å². The molecule has 6 atom stereocenters. The maximum absolute atomic E-state index is 12.7. The Balaban J connectivity index is 1.62.